The fourth-order valence-corrected chi connectivity index (χ4v) is 6.00. The first-order chi connectivity index (χ1) is 16.3. The number of aryl methyl sites for hydroxylation is 1. The van der Waals surface area contributed by atoms with Gasteiger partial charge in [-0.1, -0.05) is 18.2 Å². The second kappa shape index (κ2) is 9.00. The number of thioether (sulfide) groups is 1. The molecule has 176 valence electrons. The first kappa shape index (κ1) is 22.8. The Balaban J connectivity index is 1.70. The van der Waals surface area contributed by atoms with E-state index in [9.17, 15) is 18.4 Å². The third-order valence-corrected chi connectivity index (χ3v) is 7.88. The van der Waals surface area contributed by atoms with Gasteiger partial charge in [-0.25, -0.2) is 8.78 Å². The SMILES string of the molecule is Cc1cc(=O)c(C(=O)N(C)C2CCOC2)c2n1-c1ccccc1SC(c1ccc(F)c(F)c1)C2. The molecule has 0 aliphatic carbocycles. The number of pyridine rings is 1. The fourth-order valence-electron chi connectivity index (χ4n) is 4.73. The van der Waals surface area contributed by atoms with Crippen LogP contribution in [0.25, 0.3) is 5.69 Å². The van der Waals surface area contributed by atoms with Crippen LogP contribution in [0.2, 0.25) is 0 Å². The van der Waals surface area contributed by atoms with Crippen LogP contribution in [-0.2, 0) is 11.2 Å². The summed E-state index contributed by atoms with van der Waals surface area (Å²) < 4.78 is 35.2. The number of carbonyl (C=O) groups is 1. The van der Waals surface area contributed by atoms with E-state index in [0.29, 0.717) is 43.0 Å². The van der Waals surface area contributed by atoms with Gasteiger partial charge in [-0.2, -0.15) is 0 Å². The first-order valence-electron chi connectivity index (χ1n) is 11.2. The van der Waals surface area contributed by atoms with Crippen LogP contribution in [0.3, 0.4) is 0 Å². The average molecular weight is 483 g/mol. The molecule has 0 spiro atoms. The van der Waals surface area contributed by atoms with Crippen molar-refractivity contribution in [1.82, 2.24) is 9.47 Å². The Kier molecular flexibility index (Phi) is 6.04. The minimum absolute atomic E-state index is 0.0942. The second-order valence-corrected chi connectivity index (χ2v) is 9.94. The van der Waals surface area contributed by atoms with Gasteiger partial charge in [0.15, 0.2) is 17.1 Å². The molecule has 8 heteroatoms. The van der Waals surface area contributed by atoms with Gasteiger partial charge in [-0.05, 0) is 43.2 Å². The van der Waals surface area contributed by atoms with Crippen LogP contribution < -0.4 is 5.43 Å². The van der Waals surface area contributed by atoms with Gasteiger partial charge in [0.2, 0.25) is 0 Å². The standard InChI is InChI=1S/C26H24F2N2O3S/c1-15-11-22(31)25(26(32)29(2)17-9-10-33-14-17)21-13-24(16-7-8-18(27)19(28)12-16)34-23-6-4-3-5-20(23)30(15)21/h3-8,11-12,17,24H,9-10,13-14H2,1-2H3. The van der Waals surface area contributed by atoms with E-state index in [-0.39, 0.29) is 28.2 Å². The highest BCUT2D eigenvalue weighted by molar-refractivity contribution is 7.99. The summed E-state index contributed by atoms with van der Waals surface area (Å²) in [7, 11) is 1.70. The van der Waals surface area contributed by atoms with Crippen molar-refractivity contribution >= 4 is 17.7 Å². The van der Waals surface area contributed by atoms with E-state index >= 15 is 0 Å². The van der Waals surface area contributed by atoms with E-state index in [2.05, 4.69) is 0 Å². The Hall–Kier alpha value is -2.97. The van der Waals surface area contributed by atoms with Gasteiger partial charge >= 0.3 is 0 Å². The van der Waals surface area contributed by atoms with Crippen molar-refractivity contribution in [3.8, 4) is 5.69 Å². The molecule has 2 aromatic carbocycles. The Morgan fingerprint density at radius 2 is 1.94 bits per heavy atom. The number of amides is 1. The number of aromatic nitrogens is 1. The summed E-state index contributed by atoms with van der Waals surface area (Å²) in [5.41, 5.74) is 2.51. The lowest BCUT2D eigenvalue weighted by Gasteiger charge is -2.26. The van der Waals surface area contributed by atoms with Crippen molar-refractivity contribution in [2.24, 2.45) is 0 Å². The van der Waals surface area contributed by atoms with E-state index in [1.54, 1.807) is 18.0 Å². The largest absolute Gasteiger partial charge is 0.379 e. The zero-order valence-corrected chi connectivity index (χ0v) is 19.7. The second-order valence-electron chi connectivity index (χ2n) is 8.69. The molecule has 3 heterocycles. The molecule has 1 fully saturated rings. The van der Waals surface area contributed by atoms with E-state index in [4.69, 9.17) is 4.74 Å². The number of hydrogen-bond acceptors (Lipinski definition) is 4. The predicted octanol–water partition coefficient (Wildman–Crippen LogP) is 4.67. The topological polar surface area (TPSA) is 51.5 Å². The zero-order chi connectivity index (χ0) is 24.0. The lowest BCUT2D eigenvalue weighted by atomic mass is 10.0. The monoisotopic (exact) mass is 482 g/mol. The highest BCUT2D eigenvalue weighted by Gasteiger charge is 2.33. The number of rotatable bonds is 3. The van der Waals surface area contributed by atoms with E-state index in [0.717, 1.165) is 16.6 Å². The molecule has 2 unspecified atom stereocenters. The van der Waals surface area contributed by atoms with Crippen molar-refractivity contribution in [3.05, 3.63) is 92.9 Å². The normalized spacial score (nSPS) is 19.3. The number of fused-ring (bicyclic) bond motifs is 3. The van der Waals surface area contributed by atoms with Crippen molar-refractivity contribution in [3.63, 3.8) is 0 Å². The van der Waals surface area contributed by atoms with Gasteiger partial charge < -0.3 is 14.2 Å². The fraction of sp³-hybridized carbons (Fsp3) is 0.308. The maximum atomic E-state index is 14.1. The molecule has 0 bridgehead atoms. The van der Waals surface area contributed by atoms with Crippen LogP contribution in [-0.4, -0.2) is 41.7 Å². The van der Waals surface area contributed by atoms with E-state index < -0.39 is 11.6 Å². The third kappa shape index (κ3) is 3.95. The quantitative estimate of drug-likeness (QED) is 0.544. The summed E-state index contributed by atoms with van der Waals surface area (Å²) in [4.78, 5) is 29.4. The number of carbonyl (C=O) groups excluding carboxylic acids is 1. The van der Waals surface area contributed by atoms with Crippen LogP contribution in [0.15, 0.2) is 58.2 Å². The Morgan fingerprint density at radius 3 is 2.68 bits per heavy atom. The molecule has 2 atom stereocenters. The van der Waals surface area contributed by atoms with Gasteiger partial charge in [-0.3, -0.25) is 9.59 Å². The summed E-state index contributed by atoms with van der Waals surface area (Å²) in [5, 5.41) is -0.321. The van der Waals surface area contributed by atoms with Gasteiger partial charge in [0.05, 0.1) is 18.3 Å². The summed E-state index contributed by atoms with van der Waals surface area (Å²) in [6, 6.07) is 13.0. The average Bonchev–Trinajstić information content (AvgIpc) is 3.29. The van der Waals surface area contributed by atoms with Gasteiger partial charge in [0.1, 0.15) is 5.56 Å². The molecule has 0 radical (unpaired) electrons. The van der Waals surface area contributed by atoms with Crippen LogP contribution in [0, 0.1) is 18.6 Å². The molecule has 1 amide bonds. The third-order valence-electron chi connectivity index (χ3n) is 6.55. The van der Waals surface area contributed by atoms with Crippen LogP contribution in [0.4, 0.5) is 8.78 Å². The van der Waals surface area contributed by atoms with Crippen molar-refractivity contribution in [2.75, 3.05) is 20.3 Å². The van der Waals surface area contributed by atoms with Crippen molar-refractivity contribution in [2.45, 2.75) is 36.0 Å². The maximum Gasteiger partial charge on any atom is 0.259 e. The molecule has 0 N–H and O–H groups in total. The van der Waals surface area contributed by atoms with E-state index in [1.807, 2.05) is 35.8 Å². The van der Waals surface area contributed by atoms with Gasteiger partial charge in [0.25, 0.3) is 5.91 Å². The number of nitrogens with zero attached hydrogens (tertiary/aromatic N) is 2. The lowest BCUT2D eigenvalue weighted by Crippen LogP contribution is -2.41. The van der Waals surface area contributed by atoms with Crippen LogP contribution in [0.1, 0.15) is 39.0 Å². The van der Waals surface area contributed by atoms with Gasteiger partial charge in [0, 0.05) is 47.7 Å². The Bertz CT molecular complexity index is 1330. The zero-order valence-electron chi connectivity index (χ0n) is 18.9. The van der Waals surface area contributed by atoms with Crippen molar-refractivity contribution in [1.29, 1.82) is 0 Å². The highest BCUT2D eigenvalue weighted by Crippen LogP contribution is 2.44. The molecule has 1 aromatic heterocycles. The molecule has 0 saturated carbocycles. The Labute approximate surface area is 200 Å². The minimum Gasteiger partial charge on any atom is -0.379 e. The predicted molar refractivity (Wildman–Crippen MR) is 127 cm³/mol. The molecule has 34 heavy (non-hydrogen) atoms. The number of para-hydroxylation sites is 1. The smallest absolute Gasteiger partial charge is 0.259 e. The molecular weight excluding hydrogens is 458 g/mol. The first-order valence-corrected chi connectivity index (χ1v) is 12.0. The number of ether oxygens (including phenoxy) is 1. The van der Waals surface area contributed by atoms with Crippen LogP contribution in [0.5, 0.6) is 0 Å². The highest BCUT2D eigenvalue weighted by atomic mass is 32.2. The summed E-state index contributed by atoms with van der Waals surface area (Å²) in [6.45, 7) is 2.86. The van der Waals surface area contributed by atoms with Crippen molar-refractivity contribution < 1.29 is 18.3 Å². The molecule has 3 aromatic rings. The van der Waals surface area contributed by atoms with Gasteiger partial charge in [-0.15, -0.1) is 11.8 Å². The molecule has 1 saturated heterocycles. The summed E-state index contributed by atoms with van der Waals surface area (Å²) in [6.07, 6.45) is 1.02. The Morgan fingerprint density at radius 1 is 1.15 bits per heavy atom. The molecule has 5 rings (SSSR count). The molecule has 2 aliphatic heterocycles. The van der Waals surface area contributed by atoms with Crippen LogP contribution >= 0.6 is 11.8 Å². The molecule has 2 aliphatic rings. The molecular formula is C26H24F2N2O3S. The summed E-state index contributed by atoms with van der Waals surface area (Å²) in [5.74, 6) is -2.18. The maximum absolute atomic E-state index is 14.1. The van der Waals surface area contributed by atoms with E-state index in [1.165, 1.54) is 23.9 Å². The molecule has 5 nitrogen and oxygen atoms in total. The number of halogens is 2. The number of hydrogen-bond donors (Lipinski definition) is 0. The summed E-state index contributed by atoms with van der Waals surface area (Å²) >= 11 is 1.51. The lowest BCUT2D eigenvalue weighted by molar-refractivity contribution is 0.0708. The minimum atomic E-state index is -0.922. The number of benzene rings is 2. The number of likely N-dealkylation sites (N-methyl/N-ethyl adjacent to an activating group) is 1.